The normalized spacial score (nSPS) is 11.3. The standard InChI is InChI=1S/C16H14BrN3O3S3/c1-23-14-8-7-12(9-13(14)17)26(21,22)20-15-18-19-16(25-15)24-10-11-5-3-2-4-6-11/h2-9H,10H2,1H3,(H,18,20). The van der Waals surface area contributed by atoms with Crippen LogP contribution in [0.25, 0.3) is 0 Å². The molecule has 10 heteroatoms. The van der Waals surface area contributed by atoms with Gasteiger partial charge in [0.15, 0.2) is 4.34 Å². The number of nitrogens with zero attached hydrogens (tertiary/aromatic N) is 2. The minimum absolute atomic E-state index is 0.110. The van der Waals surface area contributed by atoms with Gasteiger partial charge in [-0.1, -0.05) is 53.4 Å². The van der Waals surface area contributed by atoms with E-state index in [0.717, 1.165) is 11.3 Å². The third-order valence-electron chi connectivity index (χ3n) is 3.27. The first-order valence-electron chi connectivity index (χ1n) is 7.34. The van der Waals surface area contributed by atoms with Gasteiger partial charge in [-0.2, -0.15) is 0 Å². The van der Waals surface area contributed by atoms with Gasteiger partial charge < -0.3 is 4.74 Å². The van der Waals surface area contributed by atoms with Crippen molar-refractivity contribution in [2.45, 2.75) is 15.0 Å². The van der Waals surface area contributed by atoms with Gasteiger partial charge in [-0.3, -0.25) is 4.72 Å². The molecule has 0 atom stereocenters. The largest absolute Gasteiger partial charge is 0.496 e. The van der Waals surface area contributed by atoms with Gasteiger partial charge in [-0.25, -0.2) is 8.42 Å². The molecule has 0 aliphatic heterocycles. The van der Waals surface area contributed by atoms with E-state index in [9.17, 15) is 8.42 Å². The quantitative estimate of drug-likeness (QED) is 0.514. The Morgan fingerprint density at radius 3 is 2.65 bits per heavy atom. The monoisotopic (exact) mass is 471 g/mol. The lowest BCUT2D eigenvalue weighted by atomic mass is 10.2. The second-order valence-corrected chi connectivity index (χ2v) is 9.79. The van der Waals surface area contributed by atoms with E-state index in [1.807, 2.05) is 30.3 Å². The fourth-order valence-electron chi connectivity index (χ4n) is 2.02. The number of hydrogen-bond acceptors (Lipinski definition) is 7. The maximum atomic E-state index is 12.5. The van der Waals surface area contributed by atoms with Crippen molar-refractivity contribution in [3.63, 3.8) is 0 Å². The molecular formula is C16H14BrN3O3S3. The zero-order valence-corrected chi connectivity index (χ0v) is 17.6. The van der Waals surface area contributed by atoms with Gasteiger partial charge in [-0.15, -0.1) is 10.2 Å². The minimum atomic E-state index is -3.75. The van der Waals surface area contributed by atoms with Crippen molar-refractivity contribution in [2.75, 3.05) is 11.8 Å². The number of benzene rings is 2. The lowest BCUT2D eigenvalue weighted by Crippen LogP contribution is -2.12. The first-order chi connectivity index (χ1) is 12.5. The van der Waals surface area contributed by atoms with Crippen molar-refractivity contribution in [3.8, 4) is 5.75 Å². The summed E-state index contributed by atoms with van der Waals surface area (Å²) in [5, 5.41) is 8.17. The molecule has 0 aliphatic rings. The van der Waals surface area contributed by atoms with Crippen LogP contribution in [0.1, 0.15) is 5.56 Å². The van der Waals surface area contributed by atoms with Gasteiger partial charge in [0, 0.05) is 5.75 Å². The SMILES string of the molecule is COc1ccc(S(=O)(=O)Nc2nnc(SCc3ccccc3)s2)cc1Br. The van der Waals surface area contributed by atoms with Crippen LogP contribution in [0.3, 0.4) is 0 Å². The van der Waals surface area contributed by atoms with Gasteiger partial charge in [0.2, 0.25) is 5.13 Å². The molecule has 3 rings (SSSR count). The highest BCUT2D eigenvalue weighted by molar-refractivity contribution is 9.10. The van der Waals surface area contributed by atoms with Gasteiger partial charge in [0.25, 0.3) is 10.0 Å². The third-order valence-corrected chi connectivity index (χ3v) is 7.40. The second-order valence-electron chi connectivity index (χ2n) is 5.05. The molecule has 0 saturated heterocycles. The van der Waals surface area contributed by atoms with E-state index < -0.39 is 10.0 Å². The second kappa shape index (κ2) is 8.38. The summed E-state index contributed by atoms with van der Waals surface area (Å²) in [7, 11) is -2.24. The van der Waals surface area contributed by atoms with Crippen molar-refractivity contribution >= 4 is 54.2 Å². The topological polar surface area (TPSA) is 81.2 Å². The molecule has 0 radical (unpaired) electrons. The Bertz CT molecular complexity index is 994. The number of hydrogen-bond donors (Lipinski definition) is 1. The molecule has 136 valence electrons. The maximum absolute atomic E-state index is 12.5. The number of ether oxygens (including phenoxy) is 1. The Morgan fingerprint density at radius 2 is 1.96 bits per heavy atom. The van der Waals surface area contributed by atoms with Crippen LogP contribution in [-0.2, 0) is 15.8 Å². The number of aromatic nitrogens is 2. The van der Waals surface area contributed by atoms with E-state index in [1.54, 1.807) is 6.07 Å². The molecule has 0 aliphatic carbocycles. The smallest absolute Gasteiger partial charge is 0.263 e. The lowest BCUT2D eigenvalue weighted by molar-refractivity contribution is 0.411. The Kier molecular flexibility index (Phi) is 6.17. The molecule has 3 aromatic rings. The van der Waals surface area contributed by atoms with E-state index in [-0.39, 0.29) is 10.0 Å². The summed E-state index contributed by atoms with van der Waals surface area (Å²) in [5.74, 6) is 1.30. The van der Waals surface area contributed by atoms with E-state index >= 15 is 0 Å². The fraction of sp³-hybridized carbons (Fsp3) is 0.125. The number of halogens is 1. The fourth-order valence-corrected chi connectivity index (χ4v) is 5.67. The predicted molar refractivity (Wildman–Crippen MR) is 107 cm³/mol. The summed E-state index contributed by atoms with van der Waals surface area (Å²) in [6, 6.07) is 14.5. The predicted octanol–water partition coefficient (Wildman–Crippen LogP) is 4.40. The Morgan fingerprint density at radius 1 is 1.19 bits per heavy atom. The van der Waals surface area contributed by atoms with Crippen molar-refractivity contribution < 1.29 is 13.2 Å². The highest BCUT2D eigenvalue weighted by Crippen LogP contribution is 2.31. The van der Waals surface area contributed by atoms with Crippen LogP contribution in [0, 0.1) is 0 Å². The number of sulfonamides is 1. The van der Waals surface area contributed by atoms with Crippen LogP contribution in [0.2, 0.25) is 0 Å². The maximum Gasteiger partial charge on any atom is 0.263 e. The minimum Gasteiger partial charge on any atom is -0.496 e. The van der Waals surface area contributed by atoms with Crippen LogP contribution in [-0.4, -0.2) is 25.7 Å². The van der Waals surface area contributed by atoms with Gasteiger partial charge in [0.05, 0.1) is 16.5 Å². The van der Waals surface area contributed by atoms with E-state index in [0.29, 0.717) is 14.6 Å². The first-order valence-corrected chi connectivity index (χ1v) is 11.4. The van der Waals surface area contributed by atoms with E-state index in [4.69, 9.17) is 4.74 Å². The van der Waals surface area contributed by atoms with Crippen LogP contribution in [0.15, 0.2) is 62.2 Å². The Hall–Kier alpha value is -1.62. The number of rotatable bonds is 7. The Balaban J connectivity index is 1.68. The summed E-state index contributed by atoms with van der Waals surface area (Å²) in [4.78, 5) is 0.110. The molecule has 0 spiro atoms. The van der Waals surface area contributed by atoms with Crippen LogP contribution in [0.5, 0.6) is 5.75 Å². The molecule has 0 bridgehead atoms. The molecule has 1 N–H and O–H groups in total. The summed E-state index contributed by atoms with van der Waals surface area (Å²) in [6.07, 6.45) is 0. The summed E-state index contributed by atoms with van der Waals surface area (Å²) in [5.41, 5.74) is 1.16. The molecule has 0 saturated carbocycles. The summed E-state index contributed by atoms with van der Waals surface area (Å²) >= 11 is 6.00. The molecule has 6 nitrogen and oxygen atoms in total. The third kappa shape index (κ3) is 4.76. The van der Waals surface area contributed by atoms with E-state index in [1.165, 1.54) is 42.3 Å². The number of anilines is 1. The molecular weight excluding hydrogens is 458 g/mol. The van der Waals surface area contributed by atoms with E-state index in [2.05, 4.69) is 30.8 Å². The van der Waals surface area contributed by atoms with Gasteiger partial charge >= 0.3 is 0 Å². The molecule has 1 heterocycles. The highest BCUT2D eigenvalue weighted by atomic mass is 79.9. The molecule has 0 unspecified atom stereocenters. The molecule has 0 fully saturated rings. The van der Waals surface area contributed by atoms with Crippen molar-refractivity contribution in [2.24, 2.45) is 0 Å². The lowest BCUT2D eigenvalue weighted by Gasteiger charge is -2.07. The van der Waals surface area contributed by atoms with Crippen molar-refractivity contribution in [3.05, 3.63) is 58.6 Å². The van der Waals surface area contributed by atoms with Crippen molar-refractivity contribution in [1.82, 2.24) is 10.2 Å². The zero-order chi connectivity index (χ0) is 18.6. The van der Waals surface area contributed by atoms with Gasteiger partial charge in [0.1, 0.15) is 5.75 Å². The first kappa shape index (κ1) is 19.2. The summed E-state index contributed by atoms with van der Waals surface area (Å²) in [6.45, 7) is 0. The van der Waals surface area contributed by atoms with Gasteiger partial charge in [-0.05, 0) is 39.7 Å². The zero-order valence-electron chi connectivity index (χ0n) is 13.5. The van der Waals surface area contributed by atoms with Crippen LogP contribution in [0.4, 0.5) is 5.13 Å². The molecule has 2 aromatic carbocycles. The molecule has 26 heavy (non-hydrogen) atoms. The van der Waals surface area contributed by atoms with Crippen molar-refractivity contribution in [1.29, 1.82) is 0 Å². The summed E-state index contributed by atoms with van der Waals surface area (Å²) < 4.78 is 33.8. The Labute approximate surface area is 168 Å². The number of nitrogens with one attached hydrogen (secondary N) is 1. The van der Waals surface area contributed by atoms with Crippen LogP contribution >= 0.6 is 39.0 Å². The highest BCUT2D eigenvalue weighted by Gasteiger charge is 2.18. The molecule has 0 amide bonds. The average molecular weight is 472 g/mol. The number of thioether (sulfide) groups is 1. The average Bonchev–Trinajstić information content (AvgIpc) is 3.07. The van der Waals surface area contributed by atoms with Crippen LogP contribution < -0.4 is 9.46 Å². The number of methoxy groups -OCH3 is 1. The molecule has 1 aromatic heterocycles.